The van der Waals surface area contributed by atoms with Crippen LogP contribution in [0.1, 0.15) is 33.8 Å². The average molecular weight is 358 g/mol. The number of benzene rings is 1. The summed E-state index contributed by atoms with van der Waals surface area (Å²) in [6.45, 7) is 3.82. The molecule has 130 valence electrons. The van der Waals surface area contributed by atoms with Crippen LogP contribution in [0, 0.1) is 13.8 Å². The molecule has 1 aliphatic heterocycles. The number of fused-ring (bicyclic) bond motifs is 1. The van der Waals surface area contributed by atoms with Gasteiger partial charge in [0.05, 0.1) is 16.9 Å². The van der Waals surface area contributed by atoms with Gasteiger partial charge < -0.3 is 16.0 Å². The van der Waals surface area contributed by atoms with Gasteiger partial charge in [0, 0.05) is 11.3 Å². The first kappa shape index (κ1) is 17.1. The SMILES string of the molecule is Cc1nc(NC(=O)CCC2NC(=O)c3ccccc3NC2=O)sc1C. The minimum atomic E-state index is -0.759. The summed E-state index contributed by atoms with van der Waals surface area (Å²) < 4.78 is 0. The fourth-order valence-corrected chi connectivity index (χ4v) is 3.33. The molecule has 25 heavy (non-hydrogen) atoms. The van der Waals surface area contributed by atoms with Crippen molar-refractivity contribution in [2.45, 2.75) is 32.7 Å². The molecule has 0 saturated carbocycles. The van der Waals surface area contributed by atoms with Crippen LogP contribution in [0.5, 0.6) is 0 Å². The van der Waals surface area contributed by atoms with Crippen molar-refractivity contribution in [2.24, 2.45) is 0 Å². The second-order valence-corrected chi connectivity index (χ2v) is 7.01. The van der Waals surface area contributed by atoms with Crippen molar-refractivity contribution in [1.82, 2.24) is 10.3 Å². The molecule has 1 aromatic heterocycles. The van der Waals surface area contributed by atoms with Crippen molar-refractivity contribution < 1.29 is 14.4 Å². The van der Waals surface area contributed by atoms with Crippen molar-refractivity contribution >= 4 is 39.9 Å². The third-order valence-electron chi connectivity index (χ3n) is 3.99. The van der Waals surface area contributed by atoms with E-state index in [0.717, 1.165) is 10.6 Å². The topological polar surface area (TPSA) is 100 Å². The van der Waals surface area contributed by atoms with Crippen molar-refractivity contribution in [3.05, 3.63) is 40.4 Å². The van der Waals surface area contributed by atoms with E-state index in [2.05, 4.69) is 20.9 Å². The van der Waals surface area contributed by atoms with Crippen molar-refractivity contribution in [1.29, 1.82) is 0 Å². The van der Waals surface area contributed by atoms with E-state index in [4.69, 9.17) is 0 Å². The monoisotopic (exact) mass is 358 g/mol. The molecular weight excluding hydrogens is 340 g/mol. The zero-order valence-electron chi connectivity index (χ0n) is 13.9. The number of rotatable bonds is 4. The lowest BCUT2D eigenvalue weighted by atomic mass is 10.1. The summed E-state index contributed by atoms with van der Waals surface area (Å²) in [6, 6.07) is 6.04. The average Bonchev–Trinajstić information content (AvgIpc) is 2.82. The number of carbonyl (C=O) groups excluding carboxylic acids is 3. The molecule has 3 amide bonds. The summed E-state index contributed by atoms with van der Waals surface area (Å²) in [5.74, 6) is -0.893. The first-order valence-corrected chi connectivity index (χ1v) is 8.70. The highest BCUT2D eigenvalue weighted by molar-refractivity contribution is 7.15. The molecule has 0 fully saturated rings. The van der Waals surface area contributed by atoms with E-state index >= 15 is 0 Å². The fraction of sp³-hybridized carbons (Fsp3) is 0.294. The second-order valence-electron chi connectivity index (χ2n) is 5.81. The van der Waals surface area contributed by atoms with Gasteiger partial charge in [-0.1, -0.05) is 12.1 Å². The number of nitrogens with one attached hydrogen (secondary N) is 3. The molecule has 0 spiro atoms. The zero-order valence-corrected chi connectivity index (χ0v) is 14.7. The number of anilines is 2. The third-order valence-corrected chi connectivity index (χ3v) is 4.97. The number of para-hydroxylation sites is 1. The van der Waals surface area contributed by atoms with Gasteiger partial charge in [0.2, 0.25) is 11.8 Å². The lowest BCUT2D eigenvalue weighted by Gasteiger charge is -2.13. The number of nitrogens with zero attached hydrogens (tertiary/aromatic N) is 1. The van der Waals surface area contributed by atoms with E-state index in [9.17, 15) is 14.4 Å². The van der Waals surface area contributed by atoms with Gasteiger partial charge >= 0.3 is 0 Å². The van der Waals surface area contributed by atoms with Crippen LogP contribution in [0.25, 0.3) is 0 Å². The molecule has 2 heterocycles. The van der Waals surface area contributed by atoms with Crippen LogP contribution in [0.3, 0.4) is 0 Å². The Kier molecular flexibility index (Phi) is 4.80. The predicted molar refractivity (Wildman–Crippen MR) is 95.8 cm³/mol. The number of aryl methyl sites for hydroxylation is 2. The summed E-state index contributed by atoms with van der Waals surface area (Å²) in [4.78, 5) is 41.9. The van der Waals surface area contributed by atoms with Crippen LogP contribution < -0.4 is 16.0 Å². The summed E-state index contributed by atoms with van der Waals surface area (Å²) in [7, 11) is 0. The van der Waals surface area contributed by atoms with E-state index in [0.29, 0.717) is 16.4 Å². The van der Waals surface area contributed by atoms with Gasteiger partial charge in [-0.15, -0.1) is 11.3 Å². The van der Waals surface area contributed by atoms with E-state index in [1.807, 2.05) is 13.8 Å². The highest BCUT2D eigenvalue weighted by Gasteiger charge is 2.27. The Bertz CT molecular complexity index is 827. The van der Waals surface area contributed by atoms with E-state index in [1.54, 1.807) is 24.3 Å². The van der Waals surface area contributed by atoms with Gasteiger partial charge in [0.1, 0.15) is 6.04 Å². The summed E-state index contributed by atoms with van der Waals surface area (Å²) in [6.07, 6.45) is 0.313. The van der Waals surface area contributed by atoms with Crippen LogP contribution in [0.15, 0.2) is 24.3 Å². The number of amides is 3. The molecule has 1 aliphatic rings. The van der Waals surface area contributed by atoms with Crippen LogP contribution in [0.4, 0.5) is 10.8 Å². The third kappa shape index (κ3) is 3.85. The number of thiazole rings is 1. The number of hydrogen-bond donors (Lipinski definition) is 3. The van der Waals surface area contributed by atoms with Crippen LogP contribution in [-0.4, -0.2) is 28.7 Å². The van der Waals surface area contributed by atoms with E-state index < -0.39 is 6.04 Å². The molecule has 3 N–H and O–H groups in total. The lowest BCUT2D eigenvalue weighted by Crippen LogP contribution is -2.41. The maximum absolute atomic E-state index is 12.3. The van der Waals surface area contributed by atoms with Gasteiger partial charge in [-0.2, -0.15) is 0 Å². The Balaban J connectivity index is 1.60. The highest BCUT2D eigenvalue weighted by atomic mass is 32.1. The number of hydrogen-bond acceptors (Lipinski definition) is 5. The van der Waals surface area contributed by atoms with E-state index in [1.165, 1.54) is 11.3 Å². The number of carbonyl (C=O) groups is 3. The van der Waals surface area contributed by atoms with Gasteiger partial charge in [-0.05, 0) is 32.4 Å². The molecule has 0 saturated heterocycles. The molecule has 7 nitrogen and oxygen atoms in total. The Morgan fingerprint density at radius 3 is 2.76 bits per heavy atom. The Labute approximate surface area is 148 Å². The normalized spacial score (nSPS) is 16.5. The summed E-state index contributed by atoms with van der Waals surface area (Å²) in [5.41, 5.74) is 1.77. The molecule has 1 aromatic carbocycles. The predicted octanol–water partition coefficient (Wildman–Crippen LogP) is 2.23. The minimum absolute atomic E-state index is 0.104. The molecule has 0 radical (unpaired) electrons. The van der Waals surface area contributed by atoms with Crippen LogP contribution in [-0.2, 0) is 9.59 Å². The van der Waals surface area contributed by atoms with Gasteiger partial charge in [0.25, 0.3) is 5.91 Å². The minimum Gasteiger partial charge on any atom is -0.340 e. The smallest absolute Gasteiger partial charge is 0.254 e. The van der Waals surface area contributed by atoms with Gasteiger partial charge in [-0.25, -0.2) is 4.98 Å². The fourth-order valence-electron chi connectivity index (χ4n) is 2.50. The Hall–Kier alpha value is -2.74. The summed E-state index contributed by atoms with van der Waals surface area (Å²) >= 11 is 1.41. The lowest BCUT2D eigenvalue weighted by molar-refractivity contribution is -0.118. The Morgan fingerprint density at radius 2 is 2.04 bits per heavy atom. The molecule has 2 aromatic rings. The van der Waals surface area contributed by atoms with Crippen molar-refractivity contribution in [3.63, 3.8) is 0 Å². The molecule has 0 bridgehead atoms. The zero-order chi connectivity index (χ0) is 18.0. The van der Waals surface area contributed by atoms with E-state index in [-0.39, 0.29) is 30.6 Å². The first-order valence-electron chi connectivity index (χ1n) is 7.88. The molecular formula is C17H18N4O3S. The van der Waals surface area contributed by atoms with Gasteiger partial charge in [0.15, 0.2) is 5.13 Å². The maximum atomic E-state index is 12.3. The molecule has 0 aliphatic carbocycles. The molecule has 3 rings (SSSR count). The quantitative estimate of drug-likeness (QED) is 0.780. The first-order chi connectivity index (χ1) is 11.9. The summed E-state index contributed by atoms with van der Waals surface area (Å²) in [5, 5.41) is 8.67. The van der Waals surface area contributed by atoms with Crippen LogP contribution in [0.2, 0.25) is 0 Å². The standard InChI is InChI=1S/C17H18N4O3S/c1-9-10(2)25-17(18-9)21-14(22)8-7-13-16(24)19-12-6-4-3-5-11(12)15(23)20-13/h3-6,13H,7-8H2,1-2H3,(H,19,24)(H,20,23)(H,18,21,22). The molecule has 8 heteroatoms. The van der Waals surface area contributed by atoms with Gasteiger partial charge in [-0.3, -0.25) is 14.4 Å². The highest BCUT2D eigenvalue weighted by Crippen LogP contribution is 2.22. The largest absolute Gasteiger partial charge is 0.340 e. The van der Waals surface area contributed by atoms with Crippen molar-refractivity contribution in [2.75, 3.05) is 10.6 Å². The number of aromatic nitrogens is 1. The van der Waals surface area contributed by atoms with Crippen LogP contribution >= 0.6 is 11.3 Å². The van der Waals surface area contributed by atoms with Crippen molar-refractivity contribution in [3.8, 4) is 0 Å². The molecule has 1 unspecified atom stereocenters. The second kappa shape index (κ2) is 7.02. The maximum Gasteiger partial charge on any atom is 0.254 e. The Morgan fingerprint density at radius 1 is 1.28 bits per heavy atom. The molecule has 1 atom stereocenters.